The minimum atomic E-state index is -0.751. The highest BCUT2D eigenvalue weighted by Gasteiger charge is 2.19. The second-order valence-corrected chi connectivity index (χ2v) is 5.43. The molecule has 2 aromatic carbocycles. The second kappa shape index (κ2) is 7.99. The van der Waals surface area contributed by atoms with Gasteiger partial charge in [0.25, 0.3) is 0 Å². The third kappa shape index (κ3) is 4.73. The Hall–Kier alpha value is -3.04. The van der Waals surface area contributed by atoms with E-state index >= 15 is 0 Å². The molecule has 122 valence electrons. The molecule has 0 aliphatic carbocycles. The van der Waals surface area contributed by atoms with E-state index in [9.17, 15) is 9.59 Å². The van der Waals surface area contributed by atoms with E-state index < -0.39 is 12.1 Å². The summed E-state index contributed by atoms with van der Waals surface area (Å²) >= 11 is 6.13. The Kier molecular flexibility index (Phi) is 5.77. The Bertz CT molecular complexity index is 801. The molecule has 0 heterocycles. The summed E-state index contributed by atoms with van der Waals surface area (Å²) < 4.78 is 0. The number of primary amides is 1. The number of nitrogens with zero attached hydrogens (tertiary/aromatic N) is 1. The molecule has 0 aliphatic heterocycles. The molecule has 0 aromatic heterocycles. The van der Waals surface area contributed by atoms with Crippen LogP contribution in [0.4, 0.5) is 10.5 Å². The van der Waals surface area contributed by atoms with Crippen LogP contribution in [-0.4, -0.2) is 11.9 Å². The Morgan fingerprint density at radius 1 is 1.21 bits per heavy atom. The van der Waals surface area contributed by atoms with Gasteiger partial charge in [0.15, 0.2) is 0 Å². The van der Waals surface area contributed by atoms with Crippen molar-refractivity contribution in [2.45, 2.75) is 12.5 Å². The maximum absolute atomic E-state index is 12.3. The Morgan fingerprint density at radius 2 is 1.96 bits per heavy atom. The lowest BCUT2D eigenvalue weighted by molar-refractivity contribution is -0.116. The molecule has 2 rings (SSSR count). The molecule has 1 atom stereocenters. The van der Waals surface area contributed by atoms with E-state index in [4.69, 9.17) is 22.6 Å². The minimum absolute atomic E-state index is 0.0521. The fraction of sp³-hybridized carbons (Fsp3) is 0.118. The normalized spacial score (nSPS) is 11.2. The number of hydrogen-bond acceptors (Lipinski definition) is 3. The van der Waals surface area contributed by atoms with Gasteiger partial charge in [0.1, 0.15) is 0 Å². The van der Waals surface area contributed by atoms with Crippen LogP contribution in [0.15, 0.2) is 48.5 Å². The Balaban J connectivity index is 2.14. The summed E-state index contributed by atoms with van der Waals surface area (Å²) in [7, 11) is 0. The highest BCUT2D eigenvalue weighted by molar-refractivity contribution is 6.31. The zero-order chi connectivity index (χ0) is 17.5. The van der Waals surface area contributed by atoms with E-state index in [1.54, 1.807) is 48.5 Å². The topological polar surface area (TPSA) is 108 Å². The lowest BCUT2D eigenvalue weighted by Crippen LogP contribution is -2.35. The fourth-order valence-corrected chi connectivity index (χ4v) is 2.50. The predicted molar refractivity (Wildman–Crippen MR) is 91.3 cm³/mol. The van der Waals surface area contributed by atoms with Gasteiger partial charge in [-0.3, -0.25) is 4.79 Å². The highest BCUT2D eigenvalue weighted by atomic mass is 35.5. The van der Waals surface area contributed by atoms with Crippen LogP contribution in [0.2, 0.25) is 5.02 Å². The van der Waals surface area contributed by atoms with Crippen LogP contribution >= 0.6 is 11.6 Å². The van der Waals surface area contributed by atoms with Gasteiger partial charge in [0, 0.05) is 10.7 Å². The number of halogens is 1. The molecule has 0 fully saturated rings. The lowest BCUT2D eigenvalue weighted by atomic mass is 10.0. The molecule has 6 nitrogen and oxygen atoms in total. The molecule has 0 spiro atoms. The molecular formula is C17H15ClN4O2. The number of nitriles is 1. The third-order valence-electron chi connectivity index (χ3n) is 3.26. The number of hydrogen-bond donors (Lipinski definition) is 3. The number of amides is 3. The van der Waals surface area contributed by atoms with Crippen molar-refractivity contribution in [1.29, 1.82) is 5.26 Å². The predicted octanol–water partition coefficient (Wildman–Crippen LogP) is 2.95. The quantitative estimate of drug-likeness (QED) is 0.777. The van der Waals surface area contributed by atoms with E-state index in [1.807, 2.05) is 6.07 Å². The van der Waals surface area contributed by atoms with Gasteiger partial charge in [-0.15, -0.1) is 0 Å². The van der Waals surface area contributed by atoms with Crippen molar-refractivity contribution >= 4 is 29.2 Å². The van der Waals surface area contributed by atoms with E-state index in [0.29, 0.717) is 21.8 Å². The number of benzene rings is 2. The summed E-state index contributed by atoms with van der Waals surface area (Å²) in [5, 5.41) is 14.5. The molecule has 0 saturated heterocycles. The average molecular weight is 343 g/mol. The molecule has 3 amide bonds. The van der Waals surface area contributed by atoms with Crippen molar-refractivity contribution in [1.82, 2.24) is 5.32 Å². The molecule has 7 heteroatoms. The van der Waals surface area contributed by atoms with Crippen LogP contribution in [0.3, 0.4) is 0 Å². The summed E-state index contributed by atoms with van der Waals surface area (Å²) in [6.07, 6.45) is -0.0521. The maximum atomic E-state index is 12.3. The van der Waals surface area contributed by atoms with E-state index in [1.165, 1.54) is 0 Å². The SMILES string of the molecule is N#Cc1cccc(NC(=O)C[C@H](NC(N)=O)c2ccccc2Cl)c1. The van der Waals surface area contributed by atoms with Gasteiger partial charge in [-0.1, -0.05) is 35.9 Å². The first kappa shape index (κ1) is 17.3. The van der Waals surface area contributed by atoms with Gasteiger partial charge in [0.2, 0.25) is 5.91 Å². The largest absolute Gasteiger partial charge is 0.352 e. The number of carbonyl (C=O) groups excluding carboxylic acids is 2. The number of nitrogens with one attached hydrogen (secondary N) is 2. The lowest BCUT2D eigenvalue weighted by Gasteiger charge is -2.19. The molecule has 0 unspecified atom stereocenters. The van der Waals surface area contributed by atoms with Crippen LogP contribution in [-0.2, 0) is 4.79 Å². The van der Waals surface area contributed by atoms with Gasteiger partial charge in [-0.05, 0) is 29.8 Å². The zero-order valence-electron chi connectivity index (χ0n) is 12.6. The fourth-order valence-electron chi connectivity index (χ4n) is 2.23. The first-order valence-electron chi connectivity index (χ1n) is 7.10. The van der Waals surface area contributed by atoms with Crippen molar-refractivity contribution in [2.75, 3.05) is 5.32 Å². The van der Waals surface area contributed by atoms with E-state index in [0.717, 1.165) is 0 Å². The van der Waals surface area contributed by atoms with Crippen molar-refractivity contribution in [2.24, 2.45) is 5.73 Å². The number of nitrogens with two attached hydrogens (primary N) is 1. The van der Waals surface area contributed by atoms with Crippen LogP contribution in [0.5, 0.6) is 0 Å². The van der Waals surface area contributed by atoms with Gasteiger partial charge in [-0.2, -0.15) is 5.26 Å². The standard InChI is InChI=1S/C17H15ClN4O2/c18-14-7-2-1-6-13(14)15(22-17(20)24)9-16(23)21-12-5-3-4-11(8-12)10-19/h1-8,15H,9H2,(H,21,23)(H3,20,22,24)/t15-/m0/s1. The van der Waals surface area contributed by atoms with Gasteiger partial charge in [-0.25, -0.2) is 4.79 Å². The van der Waals surface area contributed by atoms with E-state index in [-0.39, 0.29) is 12.3 Å². The first-order chi connectivity index (χ1) is 11.5. The van der Waals surface area contributed by atoms with Crippen LogP contribution in [0.25, 0.3) is 0 Å². The van der Waals surface area contributed by atoms with Crippen LogP contribution < -0.4 is 16.4 Å². The minimum Gasteiger partial charge on any atom is -0.352 e. The van der Waals surface area contributed by atoms with Gasteiger partial charge < -0.3 is 16.4 Å². The first-order valence-corrected chi connectivity index (χ1v) is 7.48. The zero-order valence-corrected chi connectivity index (χ0v) is 13.4. The molecule has 0 radical (unpaired) electrons. The Morgan fingerprint density at radius 3 is 2.62 bits per heavy atom. The molecular weight excluding hydrogens is 328 g/mol. The van der Waals surface area contributed by atoms with Crippen molar-refractivity contribution in [3.05, 3.63) is 64.7 Å². The van der Waals surface area contributed by atoms with Crippen molar-refractivity contribution in [3.63, 3.8) is 0 Å². The summed E-state index contributed by atoms with van der Waals surface area (Å²) in [5.41, 5.74) is 6.71. The summed E-state index contributed by atoms with van der Waals surface area (Å²) in [6, 6.07) is 14.0. The van der Waals surface area contributed by atoms with Crippen molar-refractivity contribution < 1.29 is 9.59 Å². The second-order valence-electron chi connectivity index (χ2n) is 5.03. The van der Waals surface area contributed by atoms with Gasteiger partial charge in [0.05, 0.1) is 24.1 Å². The number of carbonyl (C=O) groups is 2. The smallest absolute Gasteiger partial charge is 0.312 e. The number of urea groups is 1. The molecule has 0 saturated carbocycles. The molecule has 24 heavy (non-hydrogen) atoms. The summed E-state index contributed by atoms with van der Waals surface area (Å²) in [4.78, 5) is 23.5. The monoisotopic (exact) mass is 342 g/mol. The number of rotatable bonds is 5. The van der Waals surface area contributed by atoms with Crippen LogP contribution in [0.1, 0.15) is 23.6 Å². The third-order valence-corrected chi connectivity index (χ3v) is 3.61. The average Bonchev–Trinajstić information content (AvgIpc) is 2.54. The maximum Gasteiger partial charge on any atom is 0.312 e. The summed E-state index contributed by atoms with van der Waals surface area (Å²) in [5.74, 6) is -0.344. The van der Waals surface area contributed by atoms with Crippen LogP contribution in [0, 0.1) is 11.3 Å². The molecule has 2 aromatic rings. The van der Waals surface area contributed by atoms with Crippen molar-refractivity contribution in [3.8, 4) is 6.07 Å². The van der Waals surface area contributed by atoms with Gasteiger partial charge >= 0.3 is 6.03 Å². The molecule has 0 bridgehead atoms. The highest BCUT2D eigenvalue weighted by Crippen LogP contribution is 2.25. The number of anilines is 1. The Labute approximate surface area is 144 Å². The van der Waals surface area contributed by atoms with E-state index in [2.05, 4.69) is 10.6 Å². The summed E-state index contributed by atoms with van der Waals surface area (Å²) in [6.45, 7) is 0. The molecule has 0 aliphatic rings. The molecule has 4 N–H and O–H groups in total.